The van der Waals surface area contributed by atoms with Crippen molar-refractivity contribution in [1.82, 2.24) is 19.4 Å². The fraction of sp³-hybridized carbons (Fsp3) is 0.545. The summed E-state index contributed by atoms with van der Waals surface area (Å²) in [6.45, 7) is 1.08. The number of carbonyl (C=O) groups excluding carboxylic acids is 1. The Hall–Kier alpha value is -2.11. The van der Waals surface area contributed by atoms with Crippen LogP contribution in [0.25, 0.3) is 0 Å². The van der Waals surface area contributed by atoms with E-state index in [0.717, 1.165) is 18.9 Å². The Morgan fingerprint density at radius 1 is 1.12 bits per heavy atom. The first-order valence-corrected chi connectivity index (χ1v) is 13.1. The number of nitrogens with one attached hydrogen (secondary N) is 1. The number of halogens is 4. The molecular weight excluding hydrogens is 493 g/mol. The van der Waals surface area contributed by atoms with Crippen LogP contribution in [0.5, 0.6) is 0 Å². The van der Waals surface area contributed by atoms with Gasteiger partial charge in [-0.2, -0.15) is 22.6 Å². The number of sulfonamides is 1. The first kappa shape index (κ1) is 25.0. The van der Waals surface area contributed by atoms with Crippen LogP contribution < -0.4 is 5.32 Å². The van der Waals surface area contributed by atoms with Gasteiger partial charge < -0.3 is 5.32 Å². The molecule has 0 unspecified atom stereocenters. The highest BCUT2D eigenvalue weighted by Crippen LogP contribution is 2.42. The lowest BCUT2D eigenvalue weighted by Gasteiger charge is -2.30. The monoisotopic (exact) mass is 518 g/mol. The van der Waals surface area contributed by atoms with Gasteiger partial charge in [0.2, 0.25) is 15.9 Å². The number of piperidine rings is 1. The second kappa shape index (κ2) is 9.87. The van der Waals surface area contributed by atoms with Crippen molar-refractivity contribution in [2.75, 3.05) is 19.6 Å². The van der Waals surface area contributed by atoms with E-state index in [1.807, 2.05) is 0 Å². The van der Waals surface area contributed by atoms with Gasteiger partial charge in [0.05, 0.1) is 4.90 Å². The molecule has 2 aromatic rings. The molecule has 12 heteroatoms. The summed E-state index contributed by atoms with van der Waals surface area (Å²) in [5.41, 5.74) is -0.272. The number of alkyl halides is 3. The number of aromatic nitrogens is 2. The van der Waals surface area contributed by atoms with Crippen molar-refractivity contribution in [1.29, 1.82) is 0 Å². The lowest BCUT2D eigenvalue weighted by Crippen LogP contribution is -2.43. The molecule has 2 aliphatic rings. The predicted molar refractivity (Wildman–Crippen MR) is 120 cm³/mol. The zero-order chi connectivity index (χ0) is 24.5. The Bertz CT molecular complexity index is 1120. The molecular formula is C22H26ClF3N4O3S. The summed E-state index contributed by atoms with van der Waals surface area (Å²) in [7, 11) is -3.64. The van der Waals surface area contributed by atoms with Crippen molar-refractivity contribution in [2.24, 2.45) is 5.92 Å². The minimum absolute atomic E-state index is 0.132. The second-order valence-electron chi connectivity index (χ2n) is 8.73. The molecule has 0 bridgehead atoms. The van der Waals surface area contributed by atoms with E-state index in [2.05, 4.69) is 10.4 Å². The minimum Gasteiger partial charge on any atom is -0.356 e. The SMILES string of the molecule is O=C(NCCCn1nc(C(F)(F)F)cc1C1CC1)C1CCN(S(=O)(=O)c2ccc(Cl)cc2)CC1. The number of rotatable bonds is 8. The van der Waals surface area contributed by atoms with Gasteiger partial charge in [-0.05, 0) is 62.4 Å². The Kier molecular flexibility index (Phi) is 7.25. The van der Waals surface area contributed by atoms with Gasteiger partial charge in [0, 0.05) is 48.7 Å². The third kappa shape index (κ3) is 5.75. The molecule has 1 aliphatic heterocycles. The van der Waals surface area contributed by atoms with Crippen molar-refractivity contribution >= 4 is 27.5 Å². The van der Waals surface area contributed by atoms with E-state index in [9.17, 15) is 26.4 Å². The zero-order valence-corrected chi connectivity index (χ0v) is 20.0. The standard InChI is InChI=1S/C22H26ClF3N4O3S/c23-17-4-6-18(7-5-17)34(32,33)29-12-8-16(9-13-29)21(31)27-10-1-11-30-19(15-2-3-15)14-20(28-30)22(24,25)26/h4-7,14-16H,1-3,8-13H2,(H,27,31). The number of benzene rings is 1. The van der Waals surface area contributed by atoms with Crippen LogP contribution >= 0.6 is 11.6 Å². The second-order valence-corrected chi connectivity index (χ2v) is 11.1. The normalized spacial score (nSPS) is 18.2. The zero-order valence-electron chi connectivity index (χ0n) is 18.4. The highest BCUT2D eigenvalue weighted by molar-refractivity contribution is 7.89. The van der Waals surface area contributed by atoms with Crippen LogP contribution in [0.4, 0.5) is 13.2 Å². The topological polar surface area (TPSA) is 84.3 Å². The minimum atomic E-state index is -4.47. The van der Waals surface area contributed by atoms with Crippen molar-refractivity contribution < 1.29 is 26.4 Å². The molecule has 1 amide bonds. The molecule has 1 aromatic carbocycles. The predicted octanol–water partition coefficient (Wildman–Crippen LogP) is 4.04. The number of amides is 1. The molecule has 1 saturated heterocycles. The van der Waals surface area contributed by atoms with Crippen LogP contribution in [0.2, 0.25) is 5.02 Å². The lowest BCUT2D eigenvalue weighted by atomic mass is 9.97. The summed E-state index contributed by atoms with van der Waals surface area (Å²) in [5.74, 6) is -0.338. The van der Waals surface area contributed by atoms with Gasteiger partial charge in [-0.3, -0.25) is 9.48 Å². The molecule has 0 radical (unpaired) electrons. The Morgan fingerprint density at radius 3 is 2.35 bits per heavy atom. The molecule has 1 saturated carbocycles. The summed E-state index contributed by atoms with van der Waals surface area (Å²) in [4.78, 5) is 12.7. The maximum atomic E-state index is 13.0. The quantitative estimate of drug-likeness (QED) is 0.535. The van der Waals surface area contributed by atoms with Crippen molar-refractivity contribution in [3.05, 3.63) is 46.7 Å². The molecule has 4 rings (SSSR count). The van der Waals surface area contributed by atoms with Crippen LogP contribution in [0, 0.1) is 5.92 Å². The average molecular weight is 519 g/mol. The summed E-state index contributed by atoms with van der Waals surface area (Å²) in [6.07, 6.45) is -1.48. The van der Waals surface area contributed by atoms with Crippen LogP contribution in [-0.4, -0.2) is 48.0 Å². The van der Waals surface area contributed by atoms with E-state index in [-0.39, 0.29) is 35.7 Å². The van der Waals surface area contributed by atoms with Crippen molar-refractivity contribution in [3.63, 3.8) is 0 Å². The fourth-order valence-electron chi connectivity index (χ4n) is 4.16. The van der Waals surface area contributed by atoms with Crippen LogP contribution in [0.3, 0.4) is 0 Å². The summed E-state index contributed by atoms with van der Waals surface area (Å²) in [6, 6.07) is 7.09. The van der Waals surface area contributed by atoms with Crippen LogP contribution in [0.1, 0.15) is 49.4 Å². The molecule has 0 spiro atoms. The highest BCUT2D eigenvalue weighted by atomic mass is 35.5. The van der Waals surface area contributed by atoms with Crippen LogP contribution in [-0.2, 0) is 27.5 Å². The van der Waals surface area contributed by atoms with Gasteiger partial charge in [0.1, 0.15) is 0 Å². The number of carbonyl (C=O) groups is 1. The number of hydrogen-bond acceptors (Lipinski definition) is 4. The molecule has 1 N–H and O–H groups in total. The third-order valence-corrected chi connectivity index (χ3v) is 8.38. The largest absolute Gasteiger partial charge is 0.435 e. The molecule has 0 atom stereocenters. The van der Waals surface area contributed by atoms with Crippen LogP contribution in [0.15, 0.2) is 35.2 Å². The van der Waals surface area contributed by atoms with E-state index in [1.165, 1.54) is 33.3 Å². The van der Waals surface area contributed by atoms with E-state index in [4.69, 9.17) is 11.6 Å². The van der Waals surface area contributed by atoms with Gasteiger partial charge in [0.15, 0.2) is 5.69 Å². The number of aryl methyl sites for hydroxylation is 1. The molecule has 34 heavy (non-hydrogen) atoms. The van der Waals surface area contributed by atoms with Gasteiger partial charge in [-0.15, -0.1) is 0 Å². The molecule has 1 aliphatic carbocycles. The van der Waals surface area contributed by atoms with Crippen molar-refractivity contribution in [3.8, 4) is 0 Å². The Morgan fingerprint density at radius 2 is 1.76 bits per heavy atom. The summed E-state index contributed by atoms with van der Waals surface area (Å²) in [5, 5.41) is 7.00. The van der Waals surface area contributed by atoms with Gasteiger partial charge >= 0.3 is 6.18 Å². The highest BCUT2D eigenvalue weighted by Gasteiger charge is 2.38. The molecule has 2 heterocycles. The fourth-order valence-corrected chi connectivity index (χ4v) is 5.75. The molecule has 2 fully saturated rings. The van der Waals surface area contributed by atoms with Gasteiger partial charge in [-0.25, -0.2) is 8.42 Å². The molecule has 7 nitrogen and oxygen atoms in total. The molecule has 186 valence electrons. The summed E-state index contributed by atoms with van der Waals surface area (Å²) >= 11 is 5.83. The first-order valence-electron chi connectivity index (χ1n) is 11.2. The smallest absolute Gasteiger partial charge is 0.356 e. The third-order valence-electron chi connectivity index (χ3n) is 6.22. The van der Waals surface area contributed by atoms with E-state index in [0.29, 0.717) is 43.1 Å². The van der Waals surface area contributed by atoms with Gasteiger partial charge in [-0.1, -0.05) is 11.6 Å². The Labute approximate surface area is 201 Å². The number of nitrogens with zero attached hydrogens (tertiary/aromatic N) is 3. The maximum absolute atomic E-state index is 13.0. The Balaban J connectivity index is 1.24. The number of hydrogen-bond donors (Lipinski definition) is 1. The summed E-state index contributed by atoms with van der Waals surface area (Å²) < 4.78 is 67.3. The first-order chi connectivity index (χ1) is 16.1. The van der Waals surface area contributed by atoms with Gasteiger partial charge in [0.25, 0.3) is 0 Å². The lowest BCUT2D eigenvalue weighted by molar-refractivity contribution is -0.141. The van der Waals surface area contributed by atoms with Crippen molar-refractivity contribution in [2.45, 2.75) is 55.6 Å². The van der Waals surface area contributed by atoms with E-state index < -0.39 is 21.9 Å². The molecule has 1 aromatic heterocycles. The maximum Gasteiger partial charge on any atom is 0.435 e. The van der Waals surface area contributed by atoms with E-state index in [1.54, 1.807) is 0 Å². The average Bonchev–Trinajstić information content (AvgIpc) is 3.55. The van der Waals surface area contributed by atoms with E-state index >= 15 is 0 Å².